The summed E-state index contributed by atoms with van der Waals surface area (Å²) in [6, 6.07) is 14.5. The van der Waals surface area contributed by atoms with E-state index in [4.69, 9.17) is 5.73 Å². The van der Waals surface area contributed by atoms with Gasteiger partial charge in [-0.25, -0.2) is 4.98 Å². The lowest BCUT2D eigenvalue weighted by atomic mass is 9.99. The van der Waals surface area contributed by atoms with E-state index in [1.54, 1.807) is 48.8 Å². The van der Waals surface area contributed by atoms with Crippen molar-refractivity contribution in [2.75, 3.05) is 23.7 Å². The lowest BCUT2D eigenvalue weighted by Crippen LogP contribution is -2.28. The molecule has 0 radical (unpaired) electrons. The fourth-order valence-corrected chi connectivity index (χ4v) is 5.93. The molecule has 5 N–H and O–H groups in total. The Kier molecular flexibility index (Phi) is 8.09. The van der Waals surface area contributed by atoms with Crippen molar-refractivity contribution in [3.63, 3.8) is 0 Å². The molecule has 10 heteroatoms. The smallest absolute Gasteiger partial charge is 0.293 e. The minimum Gasteiger partial charge on any atom is -0.351 e. The summed E-state index contributed by atoms with van der Waals surface area (Å²) in [5.74, 6) is -0.178. The van der Waals surface area contributed by atoms with Gasteiger partial charge in [0, 0.05) is 53.7 Å². The SMILES string of the molecule is Cc1c(NC(=O)c2cc3c(s2)CCCC3)cccc1-c1cn(C)c(=O)c(Nc2ccc(C(=O)NCCN)cc2)n1. The van der Waals surface area contributed by atoms with Crippen LogP contribution in [0.3, 0.4) is 0 Å². The van der Waals surface area contributed by atoms with E-state index in [9.17, 15) is 14.4 Å². The Morgan fingerprint density at radius 2 is 1.85 bits per heavy atom. The van der Waals surface area contributed by atoms with E-state index in [0.29, 0.717) is 35.7 Å². The van der Waals surface area contributed by atoms with Gasteiger partial charge < -0.3 is 26.3 Å². The molecule has 0 atom stereocenters. The van der Waals surface area contributed by atoms with Crippen molar-refractivity contribution in [1.29, 1.82) is 0 Å². The zero-order valence-corrected chi connectivity index (χ0v) is 23.4. The zero-order valence-electron chi connectivity index (χ0n) is 22.5. The molecule has 206 valence electrons. The van der Waals surface area contributed by atoms with Gasteiger partial charge >= 0.3 is 0 Å². The molecule has 0 unspecified atom stereocenters. The Bertz CT molecular complexity index is 1600. The summed E-state index contributed by atoms with van der Waals surface area (Å²) in [6.45, 7) is 2.69. The number of fused-ring (bicyclic) bond motifs is 1. The summed E-state index contributed by atoms with van der Waals surface area (Å²) in [5, 5.41) is 8.88. The first-order valence-electron chi connectivity index (χ1n) is 13.3. The molecule has 0 saturated carbocycles. The molecule has 0 fully saturated rings. The predicted molar refractivity (Wildman–Crippen MR) is 160 cm³/mol. The Morgan fingerprint density at radius 3 is 2.60 bits per heavy atom. The van der Waals surface area contributed by atoms with Gasteiger partial charge in [-0.3, -0.25) is 14.4 Å². The van der Waals surface area contributed by atoms with E-state index in [0.717, 1.165) is 28.8 Å². The third kappa shape index (κ3) is 5.83. The number of carbonyl (C=O) groups excluding carboxylic acids is 2. The second-order valence-electron chi connectivity index (χ2n) is 9.84. The van der Waals surface area contributed by atoms with Crippen LogP contribution in [0.1, 0.15) is 48.9 Å². The van der Waals surface area contributed by atoms with Gasteiger partial charge in [0.15, 0.2) is 5.82 Å². The Labute approximate surface area is 236 Å². The monoisotopic (exact) mass is 556 g/mol. The number of nitrogens with two attached hydrogens (primary N) is 1. The lowest BCUT2D eigenvalue weighted by Gasteiger charge is -2.14. The Balaban J connectivity index is 1.38. The van der Waals surface area contributed by atoms with Crippen LogP contribution in [-0.2, 0) is 19.9 Å². The number of anilines is 3. The molecular weight excluding hydrogens is 524 g/mol. The molecule has 0 aliphatic heterocycles. The third-order valence-electron chi connectivity index (χ3n) is 6.99. The van der Waals surface area contributed by atoms with Gasteiger partial charge in [0.25, 0.3) is 17.4 Å². The standard InChI is InChI=1S/C30H32N6O3S/c1-18-22(7-5-8-23(18)35-29(38)26-16-20-6-3-4-9-25(20)40-26)24-17-36(2)30(39)27(34-24)33-21-12-10-19(11-13-21)28(37)32-15-14-31/h5,7-8,10-13,16-17H,3-4,6,9,14-15,31H2,1-2H3,(H,32,37)(H,33,34)(H,35,38). The van der Waals surface area contributed by atoms with Crippen LogP contribution < -0.4 is 27.2 Å². The highest BCUT2D eigenvalue weighted by molar-refractivity contribution is 7.14. The summed E-state index contributed by atoms with van der Waals surface area (Å²) in [5.41, 5.74) is 10.5. The number of nitrogens with zero attached hydrogens (tertiary/aromatic N) is 2. The molecule has 0 saturated heterocycles. The average Bonchev–Trinajstić information content (AvgIpc) is 3.40. The fourth-order valence-electron chi connectivity index (χ4n) is 4.78. The summed E-state index contributed by atoms with van der Waals surface area (Å²) in [4.78, 5) is 44.8. The summed E-state index contributed by atoms with van der Waals surface area (Å²) < 4.78 is 1.47. The first-order chi connectivity index (χ1) is 19.3. The van der Waals surface area contributed by atoms with Crippen molar-refractivity contribution in [1.82, 2.24) is 14.9 Å². The molecule has 9 nitrogen and oxygen atoms in total. The number of hydrogen-bond acceptors (Lipinski definition) is 7. The van der Waals surface area contributed by atoms with Crippen LogP contribution in [0.5, 0.6) is 0 Å². The minimum atomic E-state index is -0.294. The van der Waals surface area contributed by atoms with Crippen molar-refractivity contribution in [3.05, 3.63) is 91.5 Å². The molecule has 40 heavy (non-hydrogen) atoms. The molecule has 1 aliphatic rings. The number of aromatic nitrogens is 2. The maximum atomic E-state index is 13.1. The number of thiophene rings is 1. The number of aryl methyl sites for hydroxylation is 3. The van der Waals surface area contributed by atoms with Gasteiger partial charge in [-0.1, -0.05) is 12.1 Å². The number of amides is 2. The average molecular weight is 557 g/mol. The highest BCUT2D eigenvalue weighted by atomic mass is 32.1. The highest BCUT2D eigenvalue weighted by Gasteiger charge is 2.19. The van der Waals surface area contributed by atoms with Crippen molar-refractivity contribution in [2.24, 2.45) is 12.8 Å². The quantitative estimate of drug-likeness (QED) is 0.255. The van der Waals surface area contributed by atoms with Gasteiger partial charge in [0.05, 0.1) is 10.6 Å². The normalized spacial score (nSPS) is 12.5. The molecule has 0 bridgehead atoms. The highest BCUT2D eigenvalue weighted by Crippen LogP contribution is 2.32. The van der Waals surface area contributed by atoms with Crippen molar-refractivity contribution in [2.45, 2.75) is 32.6 Å². The number of rotatable bonds is 8. The first-order valence-corrected chi connectivity index (χ1v) is 14.1. The third-order valence-corrected chi connectivity index (χ3v) is 8.23. The van der Waals surface area contributed by atoms with Crippen molar-refractivity contribution >= 4 is 40.3 Å². The van der Waals surface area contributed by atoms with Crippen LogP contribution in [0, 0.1) is 6.92 Å². The largest absolute Gasteiger partial charge is 0.351 e. The van der Waals surface area contributed by atoms with Crippen molar-refractivity contribution < 1.29 is 9.59 Å². The van der Waals surface area contributed by atoms with Gasteiger partial charge in [-0.15, -0.1) is 11.3 Å². The minimum absolute atomic E-state index is 0.115. The summed E-state index contributed by atoms with van der Waals surface area (Å²) in [6.07, 6.45) is 6.12. The van der Waals surface area contributed by atoms with E-state index in [1.165, 1.54) is 27.8 Å². The van der Waals surface area contributed by atoms with Gasteiger partial charge in [-0.05, 0) is 80.1 Å². The second kappa shape index (κ2) is 11.8. The van der Waals surface area contributed by atoms with Crippen LogP contribution in [-0.4, -0.2) is 34.5 Å². The zero-order chi connectivity index (χ0) is 28.2. The molecular formula is C30H32N6O3S. The van der Waals surface area contributed by atoms with E-state index in [-0.39, 0.29) is 23.2 Å². The lowest BCUT2D eigenvalue weighted by molar-refractivity contribution is 0.0954. The number of hydrogen-bond donors (Lipinski definition) is 4. The second-order valence-corrected chi connectivity index (χ2v) is 11.0. The number of carbonyl (C=O) groups is 2. The van der Waals surface area contributed by atoms with Crippen molar-refractivity contribution in [3.8, 4) is 11.3 Å². The molecule has 0 spiro atoms. The number of benzene rings is 2. The molecule has 5 rings (SSSR count). The first kappa shape index (κ1) is 27.3. The maximum absolute atomic E-state index is 13.1. The van der Waals surface area contributed by atoms with E-state index < -0.39 is 0 Å². The fraction of sp³-hybridized carbons (Fsp3) is 0.267. The van der Waals surface area contributed by atoms with E-state index >= 15 is 0 Å². The van der Waals surface area contributed by atoms with Crippen LogP contribution in [0.15, 0.2) is 59.5 Å². The molecule has 2 aromatic heterocycles. The number of nitrogens with one attached hydrogen (secondary N) is 3. The van der Waals surface area contributed by atoms with Crippen LogP contribution >= 0.6 is 11.3 Å². The van der Waals surface area contributed by atoms with Gasteiger partial charge in [-0.2, -0.15) is 0 Å². The molecule has 2 aromatic carbocycles. The van der Waals surface area contributed by atoms with E-state index in [2.05, 4.69) is 20.9 Å². The molecule has 2 amide bonds. The molecule has 4 aromatic rings. The maximum Gasteiger partial charge on any atom is 0.293 e. The summed E-state index contributed by atoms with van der Waals surface area (Å²) in [7, 11) is 1.67. The topological polar surface area (TPSA) is 131 Å². The Morgan fingerprint density at radius 1 is 1.07 bits per heavy atom. The van der Waals surface area contributed by atoms with Crippen LogP contribution in [0.2, 0.25) is 0 Å². The predicted octanol–water partition coefficient (Wildman–Crippen LogP) is 4.38. The van der Waals surface area contributed by atoms with Crippen LogP contribution in [0.4, 0.5) is 17.2 Å². The Hall–Kier alpha value is -4.28. The van der Waals surface area contributed by atoms with Gasteiger partial charge in [0.1, 0.15) is 0 Å². The molecule has 2 heterocycles. The summed E-state index contributed by atoms with van der Waals surface area (Å²) >= 11 is 1.58. The van der Waals surface area contributed by atoms with Gasteiger partial charge in [0.2, 0.25) is 0 Å². The van der Waals surface area contributed by atoms with Crippen LogP contribution in [0.25, 0.3) is 11.3 Å². The van der Waals surface area contributed by atoms with E-state index in [1.807, 2.05) is 31.2 Å². The molecule has 1 aliphatic carbocycles.